The zero-order valence-corrected chi connectivity index (χ0v) is 22.0. The maximum Gasteiger partial charge on any atom is 0.243 e. The quantitative estimate of drug-likeness (QED) is 0.359. The van der Waals surface area contributed by atoms with E-state index >= 15 is 0 Å². The van der Waals surface area contributed by atoms with Crippen molar-refractivity contribution in [2.24, 2.45) is 0 Å². The summed E-state index contributed by atoms with van der Waals surface area (Å²) in [5.74, 6) is 1.17. The molecule has 0 radical (unpaired) electrons. The number of halogens is 1. The van der Waals surface area contributed by atoms with Gasteiger partial charge < -0.3 is 19.7 Å². The lowest BCUT2D eigenvalue weighted by Crippen LogP contribution is -2.52. The lowest BCUT2D eigenvalue weighted by molar-refractivity contribution is -0.141. The second-order valence-electron chi connectivity index (χ2n) is 9.36. The Bertz CT molecular complexity index is 1200. The Morgan fingerprint density at radius 3 is 2.38 bits per heavy atom. The minimum absolute atomic E-state index is 0.00638. The summed E-state index contributed by atoms with van der Waals surface area (Å²) in [6.07, 6.45) is 2.01. The van der Waals surface area contributed by atoms with Gasteiger partial charge >= 0.3 is 0 Å². The van der Waals surface area contributed by atoms with Crippen molar-refractivity contribution in [2.45, 2.75) is 58.2 Å². The molecule has 0 aromatic heterocycles. The molecule has 0 saturated heterocycles. The van der Waals surface area contributed by atoms with Crippen molar-refractivity contribution in [1.29, 1.82) is 0 Å². The molecule has 3 aromatic carbocycles. The molecule has 4 rings (SSSR count). The van der Waals surface area contributed by atoms with Crippen LogP contribution in [-0.2, 0) is 29.0 Å². The topological polar surface area (TPSA) is 67.9 Å². The van der Waals surface area contributed by atoms with Gasteiger partial charge in [0.25, 0.3) is 0 Å². The third-order valence-electron chi connectivity index (χ3n) is 6.60. The smallest absolute Gasteiger partial charge is 0.243 e. The summed E-state index contributed by atoms with van der Waals surface area (Å²) < 4.78 is 10.9. The van der Waals surface area contributed by atoms with Gasteiger partial charge in [-0.15, -0.1) is 0 Å². The van der Waals surface area contributed by atoms with Crippen LogP contribution in [0.2, 0.25) is 5.02 Å². The number of nitrogens with zero attached hydrogens (tertiary/aromatic N) is 1. The van der Waals surface area contributed by atoms with E-state index in [1.165, 1.54) is 0 Å². The van der Waals surface area contributed by atoms with Gasteiger partial charge in [0, 0.05) is 30.5 Å². The van der Waals surface area contributed by atoms with Crippen LogP contribution < -0.4 is 14.8 Å². The van der Waals surface area contributed by atoms with E-state index in [0.29, 0.717) is 35.9 Å². The zero-order chi connectivity index (χ0) is 26.2. The first kappa shape index (κ1) is 26.6. The van der Waals surface area contributed by atoms with Crippen LogP contribution in [0, 0.1) is 0 Å². The predicted octanol–water partition coefficient (Wildman–Crippen LogP) is 5.56. The Balaban J connectivity index is 1.59. The minimum Gasteiger partial charge on any atom is -0.454 e. The number of amides is 2. The highest BCUT2D eigenvalue weighted by atomic mass is 35.5. The standard InChI is InChI=1S/C30H33ClN2O4/c1-3-21(2)32-30(35)26(17-22-7-5-4-6-8-22)33(19-24-9-13-25(31)14-10-24)29(34)16-12-23-11-15-27-28(18-23)37-20-36-27/h4-11,13-15,18,21,26H,3,12,16-17,19-20H2,1-2H3,(H,32,35). The maximum atomic E-state index is 13.8. The first-order valence-electron chi connectivity index (χ1n) is 12.7. The molecule has 1 heterocycles. The monoisotopic (exact) mass is 520 g/mol. The van der Waals surface area contributed by atoms with E-state index in [2.05, 4.69) is 5.32 Å². The van der Waals surface area contributed by atoms with E-state index in [1.807, 2.05) is 74.5 Å². The lowest BCUT2D eigenvalue weighted by atomic mass is 10.0. The van der Waals surface area contributed by atoms with Crippen LogP contribution in [0.4, 0.5) is 0 Å². The molecule has 0 fully saturated rings. The van der Waals surface area contributed by atoms with Gasteiger partial charge in [0.2, 0.25) is 18.6 Å². The van der Waals surface area contributed by atoms with Crippen molar-refractivity contribution in [1.82, 2.24) is 10.2 Å². The van der Waals surface area contributed by atoms with Crippen LogP contribution in [0.25, 0.3) is 0 Å². The maximum absolute atomic E-state index is 13.8. The summed E-state index contributed by atoms with van der Waals surface area (Å²) in [5, 5.41) is 3.72. The van der Waals surface area contributed by atoms with Gasteiger partial charge in [-0.2, -0.15) is 0 Å². The van der Waals surface area contributed by atoms with Crippen LogP contribution in [0.5, 0.6) is 11.5 Å². The number of nitrogens with one attached hydrogen (secondary N) is 1. The number of benzene rings is 3. The van der Waals surface area contributed by atoms with Gasteiger partial charge in [-0.05, 0) is 60.7 Å². The van der Waals surface area contributed by atoms with Crippen molar-refractivity contribution in [3.05, 3.63) is 94.5 Å². The van der Waals surface area contributed by atoms with Gasteiger partial charge in [-0.25, -0.2) is 0 Å². The number of hydrogen-bond donors (Lipinski definition) is 1. The molecule has 0 saturated carbocycles. The van der Waals surface area contributed by atoms with E-state index in [4.69, 9.17) is 21.1 Å². The Kier molecular flexibility index (Phi) is 9.07. The molecule has 2 atom stereocenters. The third kappa shape index (κ3) is 7.26. The Labute approximate surface area is 223 Å². The average Bonchev–Trinajstić information content (AvgIpc) is 3.39. The summed E-state index contributed by atoms with van der Waals surface area (Å²) in [5.41, 5.74) is 2.89. The van der Waals surface area contributed by atoms with Crippen molar-refractivity contribution in [3.8, 4) is 11.5 Å². The second-order valence-corrected chi connectivity index (χ2v) is 9.80. The third-order valence-corrected chi connectivity index (χ3v) is 6.85. The van der Waals surface area contributed by atoms with Crippen LogP contribution in [0.3, 0.4) is 0 Å². The van der Waals surface area contributed by atoms with Crippen molar-refractivity contribution in [2.75, 3.05) is 6.79 Å². The fourth-order valence-corrected chi connectivity index (χ4v) is 4.40. The summed E-state index contributed by atoms with van der Waals surface area (Å²) in [4.78, 5) is 29.0. The van der Waals surface area contributed by atoms with Crippen LogP contribution in [0.15, 0.2) is 72.8 Å². The average molecular weight is 521 g/mol. The van der Waals surface area contributed by atoms with Crippen molar-refractivity contribution in [3.63, 3.8) is 0 Å². The Morgan fingerprint density at radius 2 is 1.65 bits per heavy atom. The van der Waals surface area contributed by atoms with Crippen LogP contribution in [-0.4, -0.2) is 35.6 Å². The fourth-order valence-electron chi connectivity index (χ4n) is 4.27. The van der Waals surface area contributed by atoms with Crippen molar-refractivity contribution >= 4 is 23.4 Å². The number of fused-ring (bicyclic) bond motifs is 1. The van der Waals surface area contributed by atoms with E-state index in [1.54, 1.807) is 17.0 Å². The highest BCUT2D eigenvalue weighted by Crippen LogP contribution is 2.33. The lowest BCUT2D eigenvalue weighted by Gasteiger charge is -2.32. The molecule has 1 aliphatic heterocycles. The molecule has 194 valence electrons. The molecule has 1 aliphatic rings. The number of carbonyl (C=O) groups excluding carboxylic acids is 2. The number of carbonyl (C=O) groups is 2. The van der Waals surface area contributed by atoms with Crippen LogP contribution in [0.1, 0.15) is 43.4 Å². The normalized spacial score (nSPS) is 13.6. The Morgan fingerprint density at radius 1 is 0.946 bits per heavy atom. The molecule has 1 N–H and O–H groups in total. The van der Waals surface area contributed by atoms with Crippen molar-refractivity contribution < 1.29 is 19.1 Å². The molecule has 37 heavy (non-hydrogen) atoms. The van der Waals surface area contributed by atoms with Gasteiger partial charge in [-0.3, -0.25) is 9.59 Å². The highest BCUT2D eigenvalue weighted by molar-refractivity contribution is 6.30. The van der Waals surface area contributed by atoms with Gasteiger partial charge in [0.15, 0.2) is 11.5 Å². The molecule has 2 unspecified atom stereocenters. The first-order chi connectivity index (χ1) is 17.9. The number of aryl methyl sites for hydroxylation is 1. The predicted molar refractivity (Wildman–Crippen MR) is 145 cm³/mol. The summed E-state index contributed by atoms with van der Waals surface area (Å²) in [6.45, 7) is 4.52. The number of rotatable bonds is 11. The van der Waals surface area contributed by atoms with Gasteiger partial charge in [-0.1, -0.05) is 67.1 Å². The van der Waals surface area contributed by atoms with Crippen LogP contribution >= 0.6 is 11.6 Å². The molecular weight excluding hydrogens is 488 g/mol. The minimum atomic E-state index is -0.656. The molecule has 0 spiro atoms. The number of ether oxygens (including phenoxy) is 2. The molecule has 0 aliphatic carbocycles. The van der Waals surface area contributed by atoms with E-state index in [0.717, 1.165) is 23.1 Å². The van der Waals surface area contributed by atoms with E-state index in [9.17, 15) is 9.59 Å². The first-order valence-corrected chi connectivity index (χ1v) is 13.1. The molecular formula is C30H33ClN2O4. The molecule has 3 aromatic rings. The molecule has 2 amide bonds. The second kappa shape index (κ2) is 12.6. The van der Waals surface area contributed by atoms with E-state index < -0.39 is 6.04 Å². The molecule has 6 nitrogen and oxygen atoms in total. The zero-order valence-electron chi connectivity index (χ0n) is 21.3. The summed E-state index contributed by atoms with van der Waals surface area (Å²) >= 11 is 6.10. The molecule has 7 heteroatoms. The van der Waals surface area contributed by atoms with Gasteiger partial charge in [0.1, 0.15) is 6.04 Å². The van der Waals surface area contributed by atoms with E-state index in [-0.39, 0.29) is 31.1 Å². The largest absolute Gasteiger partial charge is 0.454 e. The Hall–Kier alpha value is -3.51. The SMILES string of the molecule is CCC(C)NC(=O)C(Cc1ccccc1)N(Cc1ccc(Cl)cc1)C(=O)CCc1ccc2c(c1)OCO2. The highest BCUT2D eigenvalue weighted by Gasteiger charge is 2.31. The summed E-state index contributed by atoms with van der Waals surface area (Å²) in [6, 6.07) is 22.3. The van der Waals surface area contributed by atoms with Gasteiger partial charge in [0.05, 0.1) is 0 Å². The fraction of sp³-hybridized carbons (Fsp3) is 0.333. The summed E-state index contributed by atoms with van der Waals surface area (Å²) in [7, 11) is 0. The molecule has 0 bridgehead atoms. The number of hydrogen-bond acceptors (Lipinski definition) is 4.